The Morgan fingerprint density at radius 2 is 2.10 bits per heavy atom. The number of nitrogens with zero attached hydrogens (tertiary/aromatic N) is 2. The fourth-order valence-electron chi connectivity index (χ4n) is 3.12. The van der Waals surface area contributed by atoms with Crippen LogP contribution < -0.4 is 5.73 Å². The molecule has 1 saturated heterocycles. The van der Waals surface area contributed by atoms with Gasteiger partial charge in [0.15, 0.2) is 5.76 Å². The number of aromatic nitrogens is 1. The maximum Gasteiger partial charge on any atom is 0.151 e. The number of benzene rings is 1. The Labute approximate surface area is 125 Å². The number of rotatable bonds is 5. The van der Waals surface area contributed by atoms with E-state index in [9.17, 15) is 0 Å². The molecular weight excluding hydrogens is 262 g/mol. The monoisotopic (exact) mass is 285 g/mol. The lowest BCUT2D eigenvalue weighted by molar-refractivity contribution is 0.121. The first kappa shape index (κ1) is 14.3. The largest absolute Gasteiger partial charge is 0.359 e. The summed E-state index contributed by atoms with van der Waals surface area (Å²) in [5, 5.41) is 4.20. The first-order valence-electron chi connectivity index (χ1n) is 7.82. The zero-order chi connectivity index (χ0) is 14.5. The van der Waals surface area contributed by atoms with Crippen molar-refractivity contribution in [2.24, 2.45) is 5.73 Å². The molecule has 112 valence electrons. The van der Waals surface area contributed by atoms with Crippen LogP contribution in [0.15, 0.2) is 40.9 Å². The number of piperidine rings is 1. The molecule has 1 aliphatic heterocycles. The third-order valence-corrected chi connectivity index (χ3v) is 4.24. The zero-order valence-corrected chi connectivity index (χ0v) is 12.4. The Morgan fingerprint density at radius 1 is 1.24 bits per heavy atom. The summed E-state index contributed by atoms with van der Waals surface area (Å²) in [6.07, 6.45) is 4.89. The van der Waals surface area contributed by atoms with Crippen LogP contribution in [0.1, 0.15) is 31.4 Å². The highest BCUT2D eigenvalue weighted by atomic mass is 16.5. The highest BCUT2D eigenvalue weighted by Crippen LogP contribution is 2.24. The van der Waals surface area contributed by atoms with Gasteiger partial charge in [-0.3, -0.25) is 4.90 Å². The van der Waals surface area contributed by atoms with Crippen LogP contribution in [0.5, 0.6) is 0 Å². The SMILES string of the molecule is NCCC1CCCCN1Cc1cc(-c2ccccc2)no1. The van der Waals surface area contributed by atoms with E-state index in [0.29, 0.717) is 6.04 Å². The minimum Gasteiger partial charge on any atom is -0.359 e. The van der Waals surface area contributed by atoms with Crippen LogP contribution in [-0.2, 0) is 6.54 Å². The van der Waals surface area contributed by atoms with Crippen LogP contribution in [0.4, 0.5) is 0 Å². The molecule has 0 saturated carbocycles. The molecular formula is C17H23N3O. The summed E-state index contributed by atoms with van der Waals surface area (Å²) in [4.78, 5) is 2.49. The molecule has 1 aliphatic rings. The lowest BCUT2D eigenvalue weighted by Gasteiger charge is -2.34. The van der Waals surface area contributed by atoms with Crippen molar-refractivity contribution in [3.8, 4) is 11.3 Å². The van der Waals surface area contributed by atoms with Gasteiger partial charge in [-0.05, 0) is 32.4 Å². The topological polar surface area (TPSA) is 55.3 Å². The second-order valence-electron chi connectivity index (χ2n) is 5.74. The van der Waals surface area contributed by atoms with Crippen molar-refractivity contribution in [2.45, 2.75) is 38.3 Å². The smallest absolute Gasteiger partial charge is 0.151 e. The van der Waals surface area contributed by atoms with Gasteiger partial charge in [0.2, 0.25) is 0 Å². The van der Waals surface area contributed by atoms with Crippen LogP contribution in [0.25, 0.3) is 11.3 Å². The quantitative estimate of drug-likeness (QED) is 0.917. The molecule has 0 aliphatic carbocycles. The van der Waals surface area contributed by atoms with Gasteiger partial charge >= 0.3 is 0 Å². The maximum atomic E-state index is 5.73. The summed E-state index contributed by atoms with van der Waals surface area (Å²) < 4.78 is 5.53. The summed E-state index contributed by atoms with van der Waals surface area (Å²) >= 11 is 0. The van der Waals surface area contributed by atoms with E-state index >= 15 is 0 Å². The summed E-state index contributed by atoms with van der Waals surface area (Å²) in [7, 11) is 0. The first-order chi connectivity index (χ1) is 10.4. The molecule has 2 N–H and O–H groups in total. The lowest BCUT2D eigenvalue weighted by atomic mass is 9.99. The van der Waals surface area contributed by atoms with E-state index in [2.05, 4.69) is 28.3 Å². The molecule has 3 rings (SSSR count). The van der Waals surface area contributed by atoms with Crippen LogP contribution in [0.3, 0.4) is 0 Å². The minimum absolute atomic E-state index is 0.592. The van der Waals surface area contributed by atoms with Crippen molar-refractivity contribution in [1.29, 1.82) is 0 Å². The Morgan fingerprint density at radius 3 is 2.90 bits per heavy atom. The average Bonchev–Trinajstić information content (AvgIpc) is 2.99. The molecule has 0 bridgehead atoms. The predicted molar refractivity (Wildman–Crippen MR) is 83.7 cm³/mol. The van der Waals surface area contributed by atoms with Gasteiger partial charge in [0.05, 0.1) is 6.54 Å². The van der Waals surface area contributed by atoms with E-state index in [1.165, 1.54) is 19.3 Å². The van der Waals surface area contributed by atoms with Crippen molar-refractivity contribution in [1.82, 2.24) is 10.1 Å². The third-order valence-electron chi connectivity index (χ3n) is 4.24. The van der Waals surface area contributed by atoms with Gasteiger partial charge in [-0.15, -0.1) is 0 Å². The molecule has 1 aromatic carbocycles. The van der Waals surface area contributed by atoms with Crippen molar-refractivity contribution in [3.63, 3.8) is 0 Å². The molecule has 1 fully saturated rings. The maximum absolute atomic E-state index is 5.73. The van der Waals surface area contributed by atoms with Gasteiger partial charge in [0.25, 0.3) is 0 Å². The van der Waals surface area contributed by atoms with Gasteiger partial charge in [0.1, 0.15) is 5.69 Å². The van der Waals surface area contributed by atoms with Crippen LogP contribution in [-0.4, -0.2) is 29.2 Å². The van der Waals surface area contributed by atoms with Gasteiger partial charge < -0.3 is 10.3 Å². The Bertz CT molecular complexity index is 550. The number of hydrogen-bond acceptors (Lipinski definition) is 4. The van der Waals surface area contributed by atoms with E-state index in [0.717, 1.165) is 43.1 Å². The molecule has 1 unspecified atom stereocenters. The molecule has 0 amide bonds. The lowest BCUT2D eigenvalue weighted by Crippen LogP contribution is -2.40. The molecule has 21 heavy (non-hydrogen) atoms. The van der Waals surface area contributed by atoms with E-state index < -0.39 is 0 Å². The fraction of sp³-hybridized carbons (Fsp3) is 0.471. The standard InChI is InChI=1S/C17H23N3O/c18-10-9-15-8-4-5-11-20(15)13-16-12-17(19-21-16)14-6-2-1-3-7-14/h1-3,6-7,12,15H,4-5,8-11,13,18H2. The van der Waals surface area contributed by atoms with E-state index in [4.69, 9.17) is 10.3 Å². The third kappa shape index (κ3) is 3.52. The Kier molecular flexibility index (Phi) is 4.68. The molecule has 2 aromatic rings. The molecule has 4 heteroatoms. The van der Waals surface area contributed by atoms with Crippen molar-refractivity contribution in [3.05, 3.63) is 42.2 Å². The molecule has 1 atom stereocenters. The average molecular weight is 285 g/mol. The zero-order valence-electron chi connectivity index (χ0n) is 12.4. The summed E-state index contributed by atoms with van der Waals surface area (Å²) in [6.45, 7) is 2.73. The normalized spacial score (nSPS) is 19.8. The molecule has 0 radical (unpaired) electrons. The summed E-state index contributed by atoms with van der Waals surface area (Å²) in [5.74, 6) is 0.942. The molecule has 1 aromatic heterocycles. The van der Waals surface area contributed by atoms with E-state index in [1.54, 1.807) is 0 Å². The van der Waals surface area contributed by atoms with Crippen molar-refractivity contribution in [2.75, 3.05) is 13.1 Å². The minimum atomic E-state index is 0.592. The predicted octanol–water partition coefficient (Wildman–Crippen LogP) is 3.04. The van der Waals surface area contributed by atoms with Gasteiger partial charge in [0, 0.05) is 17.7 Å². The number of likely N-dealkylation sites (tertiary alicyclic amines) is 1. The summed E-state index contributed by atoms with van der Waals surface area (Å²) in [6, 6.07) is 12.8. The first-order valence-corrected chi connectivity index (χ1v) is 7.82. The summed E-state index contributed by atoms with van der Waals surface area (Å²) in [5.41, 5.74) is 7.75. The molecule has 0 spiro atoms. The fourth-order valence-corrected chi connectivity index (χ4v) is 3.12. The number of hydrogen-bond donors (Lipinski definition) is 1. The Balaban J connectivity index is 1.69. The van der Waals surface area contributed by atoms with E-state index in [1.807, 2.05) is 18.2 Å². The second kappa shape index (κ2) is 6.87. The van der Waals surface area contributed by atoms with Gasteiger partial charge in [-0.2, -0.15) is 0 Å². The van der Waals surface area contributed by atoms with Crippen LogP contribution in [0.2, 0.25) is 0 Å². The van der Waals surface area contributed by atoms with E-state index in [-0.39, 0.29) is 0 Å². The highest BCUT2D eigenvalue weighted by molar-refractivity contribution is 5.58. The molecule has 4 nitrogen and oxygen atoms in total. The van der Waals surface area contributed by atoms with Crippen LogP contribution >= 0.6 is 0 Å². The van der Waals surface area contributed by atoms with Gasteiger partial charge in [-0.1, -0.05) is 41.9 Å². The van der Waals surface area contributed by atoms with Crippen molar-refractivity contribution >= 4 is 0 Å². The van der Waals surface area contributed by atoms with Crippen LogP contribution in [0, 0.1) is 0 Å². The highest BCUT2D eigenvalue weighted by Gasteiger charge is 2.23. The van der Waals surface area contributed by atoms with Crippen molar-refractivity contribution < 1.29 is 4.52 Å². The Hall–Kier alpha value is -1.65. The number of nitrogens with two attached hydrogens (primary N) is 1. The second-order valence-corrected chi connectivity index (χ2v) is 5.74. The van der Waals surface area contributed by atoms with Gasteiger partial charge in [-0.25, -0.2) is 0 Å². The molecule has 2 heterocycles.